The molecule has 1 saturated carbocycles. The van der Waals surface area contributed by atoms with Gasteiger partial charge >= 0.3 is 6.09 Å². The van der Waals surface area contributed by atoms with Crippen molar-refractivity contribution in [3.63, 3.8) is 0 Å². The molecule has 1 atom stereocenters. The Bertz CT molecular complexity index is 1640. The molecule has 13 nitrogen and oxygen atoms in total. The van der Waals surface area contributed by atoms with Gasteiger partial charge in [-0.2, -0.15) is 15.5 Å². The Morgan fingerprint density at radius 2 is 1.86 bits per heavy atom. The number of carbonyl (C=O) groups excluding carboxylic acids is 2. The summed E-state index contributed by atoms with van der Waals surface area (Å²) < 4.78 is 7.44. The molecule has 1 spiro atoms. The third-order valence-electron chi connectivity index (χ3n) is 11.0. The number of nitrogens with zero attached hydrogens (tertiary/aromatic N) is 9. The van der Waals surface area contributed by atoms with Gasteiger partial charge in [0.2, 0.25) is 5.91 Å². The monoisotopic (exact) mass is 684 g/mol. The molecule has 3 aliphatic heterocycles. The van der Waals surface area contributed by atoms with E-state index in [9.17, 15) is 14.9 Å². The van der Waals surface area contributed by atoms with Crippen LogP contribution >= 0.6 is 0 Å². The van der Waals surface area contributed by atoms with E-state index in [1.54, 1.807) is 6.20 Å². The summed E-state index contributed by atoms with van der Waals surface area (Å²) in [7, 11) is 0. The first-order valence-electron chi connectivity index (χ1n) is 18.1. The number of aromatic nitrogens is 3. The van der Waals surface area contributed by atoms with E-state index < -0.39 is 5.60 Å². The molecule has 1 aliphatic carbocycles. The number of ether oxygens (including phenoxy) is 1. The quantitative estimate of drug-likeness (QED) is 0.298. The van der Waals surface area contributed by atoms with Gasteiger partial charge in [-0.1, -0.05) is 6.92 Å². The molecule has 2 aromatic rings. The lowest BCUT2D eigenvalue weighted by molar-refractivity contribution is -0.133. The Hall–Kier alpha value is -4.47. The molecule has 1 N–H and O–H groups in total. The number of rotatable bonds is 8. The second-order valence-corrected chi connectivity index (χ2v) is 15.9. The van der Waals surface area contributed by atoms with E-state index in [4.69, 9.17) is 14.7 Å². The number of pyridine rings is 1. The minimum absolute atomic E-state index is 0.123. The number of amides is 2. The molecule has 13 heteroatoms. The Balaban J connectivity index is 1.12. The van der Waals surface area contributed by atoms with E-state index >= 15 is 0 Å². The number of aliphatic imine (C=N–C) groups is 1. The molecule has 2 aromatic heterocycles. The number of likely N-dealkylation sites (tertiary alicyclic amines) is 1. The highest BCUT2D eigenvalue weighted by Gasteiger charge is 2.49. The molecular weight excluding hydrogens is 632 g/mol. The SMILES string of the molecule is C=NN(C1CCC2(CC1)CN(C(=O)OC(C)(C)C)C2)C1CN=C(c2ccc(N3CCC(CC)(C(=O)NC(C)C)CC3)nc2)c2c(C#N)cnn21. The first-order valence-corrected chi connectivity index (χ1v) is 18.1. The number of piperidine rings is 1. The van der Waals surface area contributed by atoms with Crippen molar-refractivity contribution in [3.8, 4) is 6.07 Å². The van der Waals surface area contributed by atoms with Crippen molar-refractivity contribution >= 4 is 30.2 Å². The molecule has 3 fully saturated rings. The summed E-state index contributed by atoms with van der Waals surface area (Å²) in [5, 5.41) is 24.4. The van der Waals surface area contributed by atoms with Gasteiger partial charge in [0, 0.05) is 62.2 Å². The summed E-state index contributed by atoms with van der Waals surface area (Å²) in [5.74, 6) is 1.02. The Morgan fingerprint density at radius 3 is 2.42 bits per heavy atom. The number of fused-ring (bicyclic) bond motifs is 1. The highest BCUT2D eigenvalue weighted by Crippen LogP contribution is 2.46. The summed E-state index contributed by atoms with van der Waals surface area (Å²) >= 11 is 0. The third-order valence-corrected chi connectivity index (χ3v) is 11.0. The van der Waals surface area contributed by atoms with Crippen LogP contribution in [-0.2, 0) is 9.53 Å². The van der Waals surface area contributed by atoms with Crippen molar-refractivity contribution in [2.24, 2.45) is 20.9 Å². The van der Waals surface area contributed by atoms with E-state index in [1.807, 2.05) is 67.5 Å². The largest absolute Gasteiger partial charge is 0.444 e. The van der Waals surface area contributed by atoms with Crippen LogP contribution in [0.1, 0.15) is 109 Å². The van der Waals surface area contributed by atoms with Gasteiger partial charge in [0.1, 0.15) is 23.2 Å². The summed E-state index contributed by atoms with van der Waals surface area (Å²) in [6.07, 6.45) is 9.06. The Morgan fingerprint density at radius 1 is 1.16 bits per heavy atom. The van der Waals surface area contributed by atoms with Gasteiger partial charge in [-0.25, -0.2) is 14.5 Å². The van der Waals surface area contributed by atoms with Crippen LogP contribution in [0.2, 0.25) is 0 Å². The zero-order valence-corrected chi connectivity index (χ0v) is 30.5. The second kappa shape index (κ2) is 13.7. The van der Waals surface area contributed by atoms with Crippen LogP contribution in [0.3, 0.4) is 0 Å². The van der Waals surface area contributed by atoms with Gasteiger partial charge < -0.3 is 19.9 Å². The summed E-state index contributed by atoms with van der Waals surface area (Å²) in [6, 6.07) is 6.59. The maximum Gasteiger partial charge on any atom is 0.410 e. The van der Waals surface area contributed by atoms with Gasteiger partial charge in [0.15, 0.2) is 6.17 Å². The van der Waals surface area contributed by atoms with Crippen molar-refractivity contribution in [2.75, 3.05) is 37.6 Å². The van der Waals surface area contributed by atoms with Crippen LogP contribution in [0.4, 0.5) is 10.6 Å². The summed E-state index contributed by atoms with van der Waals surface area (Å²) in [6.45, 7) is 19.1. The minimum Gasteiger partial charge on any atom is -0.444 e. The van der Waals surface area contributed by atoms with Crippen molar-refractivity contribution in [2.45, 2.75) is 110 Å². The molecule has 50 heavy (non-hydrogen) atoms. The predicted molar refractivity (Wildman–Crippen MR) is 192 cm³/mol. The lowest BCUT2D eigenvalue weighted by atomic mass is 9.67. The molecule has 1 unspecified atom stereocenters. The smallest absolute Gasteiger partial charge is 0.410 e. The first-order chi connectivity index (χ1) is 23.8. The maximum atomic E-state index is 13.0. The summed E-state index contributed by atoms with van der Waals surface area (Å²) in [4.78, 5) is 39.5. The average Bonchev–Trinajstić information content (AvgIpc) is 3.52. The van der Waals surface area contributed by atoms with Crippen LogP contribution in [0.5, 0.6) is 0 Å². The normalized spacial score (nSPS) is 21.5. The van der Waals surface area contributed by atoms with Gasteiger partial charge in [0.05, 0.1) is 29.4 Å². The highest BCUT2D eigenvalue weighted by atomic mass is 16.6. The molecule has 6 rings (SSSR count). The minimum atomic E-state index is -0.503. The van der Waals surface area contributed by atoms with E-state index in [2.05, 4.69) is 40.1 Å². The van der Waals surface area contributed by atoms with Crippen LogP contribution in [-0.4, -0.2) is 99.5 Å². The molecule has 0 radical (unpaired) electrons. The van der Waals surface area contributed by atoms with E-state index in [1.165, 1.54) is 0 Å². The maximum absolute atomic E-state index is 13.0. The molecule has 2 saturated heterocycles. The number of hydrazone groups is 1. The number of anilines is 1. The fourth-order valence-corrected chi connectivity index (χ4v) is 8.16. The molecule has 0 bridgehead atoms. The standard InChI is InChI=1S/C37H52N10O3/c1-8-37(33(48)43-25(2)3)15-17-44(18-16-37)29-10-9-26(20-40-29)31-32-27(19-38)21-42-47(32)30(22-41-31)46(39-7)28-11-13-36(14-12-28)23-45(24-36)34(49)50-35(4,5)6/h9-10,20-21,25,28,30H,7-8,11-18,22-24H2,1-6H3,(H,43,48). The number of hydrogen-bond donors (Lipinski definition) is 1. The first kappa shape index (κ1) is 35.4. The van der Waals surface area contributed by atoms with Crippen LogP contribution in [0, 0.1) is 22.2 Å². The topological polar surface area (TPSA) is 144 Å². The van der Waals surface area contributed by atoms with Crippen LogP contribution < -0.4 is 10.2 Å². The van der Waals surface area contributed by atoms with Crippen molar-refractivity contribution < 1.29 is 14.3 Å². The van der Waals surface area contributed by atoms with Gasteiger partial charge in [-0.3, -0.25) is 14.8 Å². The predicted octanol–water partition coefficient (Wildman–Crippen LogP) is 5.12. The van der Waals surface area contributed by atoms with Crippen molar-refractivity contribution in [1.82, 2.24) is 30.0 Å². The average molecular weight is 685 g/mol. The fourth-order valence-electron chi connectivity index (χ4n) is 8.16. The van der Waals surface area contributed by atoms with E-state index in [0.717, 1.165) is 82.5 Å². The number of nitrogens with one attached hydrogen (secondary N) is 1. The van der Waals surface area contributed by atoms with Crippen LogP contribution in [0.15, 0.2) is 34.6 Å². The van der Waals surface area contributed by atoms with Gasteiger partial charge in [0.25, 0.3) is 0 Å². The molecule has 4 aliphatic rings. The van der Waals surface area contributed by atoms with Gasteiger partial charge in [-0.15, -0.1) is 0 Å². The van der Waals surface area contributed by atoms with E-state index in [-0.39, 0.29) is 41.1 Å². The van der Waals surface area contributed by atoms with Crippen molar-refractivity contribution in [1.29, 1.82) is 5.26 Å². The molecule has 268 valence electrons. The third kappa shape index (κ3) is 6.81. The zero-order chi connectivity index (χ0) is 35.8. The lowest BCUT2D eigenvalue weighted by Gasteiger charge is -2.54. The molecule has 0 aromatic carbocycles. The molecular formula is C37H52N10O3. The molecule has 5 heterocycles. The number of hydrogen-bond acceptors (Lipinski definition) is 10. The fraction of sp³-hybridized carbons (Fsp3) is 0.649. The highest BCUT2D eigenvalue weighted by molar-refractivity contribution is 6.13. The number of carbonyl (C=O) groups is 2. The second-order valence-electron chi connectivity index (χ2n) is 15.9. The number of nitriles is 1. The van der Waals surface area contributed by atoms with Crippen LogP contribution in [0.25, 0.3) is 0 Å². The molecule has 2 amide bonds. The Kier molecular flexibility index (Phi) is 9.68. The summed E-state index contributed by atoms with van der Waals surface area (Å²) in [5.41, 5.74) is 1.90. The Labute approximate surface area is 295 Å². The lowest BCUT2D eigenvalue weighted by Crippen LogP contribution is -2.61. The van der Waals surface area contributed by atoms with Gasteiger partial charge in [-0.05, 0) is 91.7 Å². The van der Waals surface area contributed by atoms with E-state index in [0.29, 0.717) is 23.5 Å². The van der Waals surface area contributed by atoms with Crippen molar-refractivity contribution in [3.05, 3.63) is 41.3 Å². The zero-order valence-electron chi connectivity index (χ0n) is 30.5.